The van der Waals surface area contributed by atoms with Gasteiger partial charge in [-0.2, -0.15) is 0 Å². The molecule has 78 valence electrons. The zero-order valence-electron chi connectivity index (χ0n) is 8.60. The van der Waals surface area contributed by atoms with Crippen molar-refractivity contribution in [2.45, 2.75) is 37.3 Å². The Morgan fingerprint density at radius 3 is 2.57 bits per heavy atom. The molecular weight excluding hydrogens is 196 g/mol. The predicted octanol–water partition coefficient (Wildman–Crippen LogP) is 2.12. The van der Waals surface area contributed by atoms with Gasteiger partial charge in [0.05, 0.1) is 11.8 Å². The van der Waals surface area contributed by atoms with Gasteiger partial charge in [-0.25, -0.2) is 4.98 Å². The molecule has 1 heterocycles. The van der Waals surface area contributed by atoms with E-state index in [4.69, 9.17) is 0 Å². The van der Waals surface area contributed by atoms with E-state index in [1.807, 2.05) is 13.8 Å². The highest BCUT2D eigenvalue weighted by Gasteiger charge is 2.22. The molecular formula is C10H16N2OS. The smallest absolute Gasteiger partial charge is 0.114 e. The van der Waals surface area contributed by atoms with Gasteiger partial charge in [0.15, 0.2) is 0 Å². The molecule has 0 aromatic carbocycles. The minimum absolute atomic E-state index is 0.567. The summed E-state index contributed by atoms with van der Waals surface area (Å²) in [6, 6.07) is 0. The standard InChI is InChI=1S/C10H16N2OS/c1-3-10(13,4-2)8-14-9-7-11-5-6-12-9/h5-7,13H,3-4,8H2,1-2H3. The van der Waals surface area contributed by atoms with Crippen LogP contribution in [0.15, 0.2) is 23.6 Å². The fraction of sp³-hybridized carbons (Fsp3) is 0.600. The monoisotopic (exact) mass is 212 g/mol. The van der Waals surface area contributed by atoms with Gasteiger partial charge in [-0.05, 0) is 12.8 Å². The van der Waals surface area contributed by atoms with E-state index in [0.29, 0.717) is 5.75 Å². The van der Waals surface area contributed by atoms with Crippen molar-refractivity contribution in [1.29, 1.82) is 0 Å². The maximum atomic E-state index is 10.0. The third kappa shape index (κ3) is 3.27. The Labute approximate surface area is 89.0 Å². The van der Waals surface area contributed by atoms with E-state index < -0.39 is 5.60 Å². The number of nitrogens with zero attached hydrogens (tertiary/aromatic N) is 2. The maximum absolute atomic E-state index is 10.0. The van der Waals surface area contributed by atoms with Crippen LogP contribution < -0.4 is 0 Å². The Bertz CT molecular complexity index is 262. The lowest BCUT2D eigenvalue weighted by molar-refractivity contribution is 0.0571. The first-order chi connectivity index (χ1) is 6.70. The van der Waals surface area contributed by atoms with E-state index in [1.165, 1.54) is 0 Å². The number of hydrogen-bond donors (Lipinski definition) is 1. The Hall–Kier alpha value is -0.610. The van der Waals surface area contributed by atoms with Gasteiger partial charge >= 0.3 is 0 Å². The van der Waals surface area contributed by atoms with Crippen LogP contribution in [0.3, 0.4) is 0 Å². The predicted molar refractivity (Wildman–Crippen MR) is 58.3 cm³/mol. The second kappa shape index (κ2) is 5.32. The highest BCUT2D eigenvalue weighted by Crippen LogP contribution is 2.24. The topological polar surface area (TPSA) is 46.0 Å². The van der Waals surface area contributed by atoms with Gasteiger partial charge in [-0.1, -0.05) is 13.8 Å². The summed E-state index contributed by atoms with van der Waals surface area (Å²) in [5, 5.41) is 10.9. The van der Waals surface area contributed by atoms with Crippen molar-refractivity contribution in [3.63, 3.8) is 0 Å². The van der Waals surface area contributed by atoms with Gasteiger partial charge < -0.3 is 5.11 Å². The molecule has 0 saturated carbocycles. The highest BCUT2D eigenvalue weighted by molar-refractivity contribution is 7.99. The SMILES string of the molecule is CCC(O)(CC)CSc1cnccn1. The summed E-state index contributed by atoms with van der Waals surface area (Å²) >= 11 is 1.55. The summed E-state index contributed by atoms with van der Waals surface area (Å²) in [6.45, 7) is 4.00. The van der Waals surface area contributed by atoms with E-state index in [2.05, 4.69) is 9.97 Å². The lowest BCUT2D eigenvalue weighted by atomic mass is 10.0. The Balaban J connectivity index is 2.48. The number of aliphatic hydroxyl groups is 1. The van der Waals surface area contributed by atoms with E-state index in [9.17, 15) is 5.11 Å². The van der Waals surface area contributed by atoms with Crippen molar-refractivity contribution >= 4 is 11.8 Å². The number of hydrogen-bond acceptors (Lipinski definition) is 4. The molecule has 0 amide bonds. The van der Waals surface area contributed by atoms with E-state index in [1.54, 1.807) is 30.4 Å². The largest absolute Gasteiger partial charge is 0.389 e. The summed E-state index contributed by atoms with van der Waals surface area (Å²) in [5.74, 6) is 0.679. The first kappa shape index (κ1) is 11.5. The minimum Gasteiger partial charge on any atom is -0.389 e. The van der Waals surface area contributed by atoms with Gasteiger partial charge in [0, 0.05) is 18.1 Å². The second-order valence-electron chi connectivity index (χ2n) is 3.26. The van der Waals surface area contributed by atoms with Crippen molar-refractivity contribution in [2.75, 3.05) is 5.75 Å². The molecule has 1 aromatic rings. The lowest BCUT2D eigenvalue weighted by Crippen LogP contribution is -2.29. The van der Waals surface area contributed by atoms with E-state index in [-0.39, 0.29) is 0 Å². The normalized spacial score (nSPS) is 11.6. The lowest BCUT2D eigenvalue weighted by Gasteiger charge is -2.24. The number of thioether (sulfide) groups is 1. The van der Waals surface area contributed by atoms with E-state index in [0.717, 1.165) is 17.9 Å². The van der Waals surface area contributed by atoms with Crippen LogP contribution >= 0.6 is 11.8 Å². The van der Waals surface area contributed by atoms with Crippen LogP contribution in [0, 0.1) is 0 Å². The molecule has 0 fully saturated rings. The average molecular weight is 212 g/mol. The first-order valence-corrected chi connectivity index (χ1v) is 5.80. The molecule has 1 aromatic heterocycles. The molecule has 0 spiro atoms. The summed E-state index contributed by atoms with van der Waals surface area (Å²) in [7, 11) is 0. The summed E-state index contributed by atoms with van der Waals surface area (Å²) in [6.07, 6.45) is 6.58. The van der Waals surface area contributed by atoms with Crippen LogP contribution in [-0.2, 0) is 0 Å². The Morgan fingerprint density at radius 1 is 1.36 bits per heavy atom. The molecule has 0 aliphatic heterocycles. The zero-order valence-corrected chi connectivity index (χ0v) is 9.42. The first-order valence-electron chi connectivity index (χ1n) is 4.81. The van der Waals surface area contributed by atoms with Gasteiger partial charge in [0.2, 0.25) is 0 Å². The molecule has 0 bridgehead atoms. The Morgan fingerprint density at radius 2 is 2.07 bits per heavy atom. The average Bonchev–Trinajstić information content (AvgIpc) is 2.27. The van der Waals surface area contributed by atoms with Gasteiger partial charge in [0.25, 0.3) is 0 Å². The fourth-order valence-corrected chi connectivity index (χ4v) is 2.12. The molecule has 0 saturated heterocycles. The Kier molecular flexibility index (Phi) is 4.35. The molecule has 0 aliphatic rings. The number of aromatic nitrogens is 2. The molecule has 3 nitrogen and oxygen atoms in total. The van der Waals surface area contributed by atoms with Crippen LogP contribution in [0.2, 0.25) is 0 Å². The van der Waals surface area contributed by atoms with Crippen molar-refractivity contribution in [2.24, 2.45) is 0 Å². The minimum atomic E-state index is -0.567. The van der Waals surface area contributed by atoms with Crippen LogP contribution in [0.25, 0.3) is 0 Å². The van der Waals surface area contributed by atoms with Gasteiger partial charge in [-0.15, -0.1) is 11.8 Å². The van der Waals surface area contributed by atoms with Crippen LogP contribution in [0.5, 0.6) is 0 Å². The molecule has 1 N–H and O–H groups in total. The van der Waals surface area contributed by atoms with Crippen LogP contribution in [0.4, 0.5) is 0 Å². The molecule has 0 aliphatic carbocycles. The van der Waals surface area contributed by atoms with Gasteiger partial charge in [0.1, 0.15) is 5.03 Å². The third-order valence-corrected chi connectivity index (χ3v) is 3.53. The third-order valence-electron chi connectivity index (χ3n) is 2.34. The highest BCUT2D eigenvalue weighted by atomic mass is 32.2. The van der Waals surface area contributed by atoms with Crippen molar-refractivity contribution in [3.05, 3.63) is 18.6 Å². The second-order valence-corrected chi connectivity index (χ2v) is 4.26. The van der Waals surface area contributed by atoms with Crippen LogP contribution in [0.1, 0.15) is 26.7 Å². The number of rotatable bonds is 5. The molecule has 0 radical (unpaired) electrons. The van der Waals surface area contributed by atoms with Gasteiger partial charge in [-0.3, -0.25) is 4.98 Å². The van der Waals surface area contributed by atoms with Crippen molar-refractivity contribution in [3.8, 4) is 0 Å². The molecule has 4 heteroatoms. The fourth-order valence-electron chi connectivity index (χ4n) is 1.02. The summed E-state index contributed by atoms with van der Waals surface area (Å²) < 4.78 is 0. The molecule has 14 heavy (non-hydrogen) atoms. The van der Waals surface area contributed by atoms with Crippen LogP contribution in [-0.4, -0.2) is 26.4 Å². The summed E-state index contributed by atoms with van der Waals surface area (Å²) in [5.41, 5.74) is -0.567. The molecule has 1 rings (SSSR count). The molecule has 0 atom stereocenters. The quantitative estimate of drug-likeness (QED) is 0.759. The van der Waals surface area contributed by atoms with Crippen molar-refractivity contribution < 1.29 is 5.11 Å². The zero-order chi connectivity index (χ0) is 10.4. The van der Waals surface area contributed by atoms with E-state index >= 15 is 0 Å². The summed E-state index contributed by atoms with van der Waals surface area (Å²) in [4.78, 5) is 8.11. The molecule has 0 unspecified atom stereocenters. The maximum Gasteiger partial charge on any atom is 0.114 e. The van der Waals surface area contributed by atoms with Crippen molar-refractivity contribution in [1.82, 2.24) is 9.97 Å².